The Morgan fingerprint density at radius 2 is 2.00 bits per heavy atom. The lowest BCUT2D eigenvalue weighted by Crippen LogP contribution is -2.47. The van der Waals surface area contributed by atoms with E-state index >= 15 is 0 Å². The van der Waals surface area contributed by atoms with Crippen molar-refractivity contribution < 1.29 is 13.2 Å². The Morgan fingerprint density at radius 1 is 1.43 bits per heavy atom. The molecule has 0 saturated heterocycles. The molecule has 1 aromatic heterocycles. The highest BCUT2D eigenvalue weighted by Crippen LogP contribution is 2.31. The number of likely N-dealkylation sites (N-methyl/N-ethyl adjacent to an activating group) is 1. The molecular formula is C13H21BrN2O3S2. The molecule has 0 aliphatic rings. The molecule has 0 aromatic carbocycles. The first-order valence-electron chi connectivity index (χ1n) is 6.54. The number of sulfonamides is 1. The van der Waals surface area contributed by atoms with Crippen LogP contribution in [0.1, 0.15) is 32.6 Å². The largest absolute Gasteiger partial charge is 0.350 e. The molecule has 120 valence electrons. The molecule has 0 aliphatic carbocycles. The predicted molar refractivity (Wildman–Crippen MR) is 89.1 cm³/mol. The van der Waals surface area contributed by atoms with Crippen molar-refractivity contribution in [2.75, 3.05) is 13.1 Å². The molecule has 1 rings (SSSR count). The Morgan fingerprint density at radius 3 is 2.38 bits per heavy atom. The topological polar surface area (TPSA) is 66.5 Å². The number of halogens is 1. The van der Waals surface area contributed by atoms with Crippen LogP contribution in [-0.4, -0.2) is 37.3 Å². The molecule has 0 unspecified atom stereocenters. The predicted octanol–water partition coefficient (Wildman–Crippen LogP) is 2.74. The summed E-state index contributed by atoms with van der Waals surface area (Å²) < 4.78 is 27.2. The quantitative estimate of drug-likeness (QED) is 0.831. The van der Waals surface area contributed by atoms with E-state index in [1.54, 1.807) is 19.9 Å². The highest BCUT2D eigenvalue weighted by molar-refractivity contribution is 9.11. The Balaban J connectivity index is 2.99. The number of hydrogen-bond donors (Lipinski definition) is 1. The van der Waals surface area contributed by atoms with Crippen LogP contribution in [0, 0.1) is 6.92 Å². The average Bonchev–Trinajstić information content (AvgIpc) is 2.63. The van der Waals surface area contributed by atoms with E-state index in [1.165, 1.54) is 15.6 Å². The smallest absolute Gasteiger partial charge is 0.244 e. The van der Waals surface area contributed by atoms with Crippen molar-refractivity contribution in [3.05, 3.63) is 14.7 Å². The normalized spacial score (nSPS) is 12.7. The van der Waals surface area contributed by atoms with Crippen molar-refractivity contribution in [1.29, 1.82) is 0 Å². The molecule has 0 spiro atoms. The van der Waals surface area contributed by atoms with Crippen LogP contribution >= 0.6 is 27.3 Å². The van der Waals surface area contributed by atoms with Crippen molar-refractivity contribution in [3.8, 4) is 0 Å². The second kappa shape index (κ2) is 6.76. The van der Waals surface area contributed by atoms with Gasteiger partial charge in [0.05, 0.1) is 15.2 Å². The number of thiophene rings is 1. The Bertz CT molecular complexity index is 618. The summed E-state index contributed by atoms with van der Waals surface area (Å²) >= 11 is 4.66. The van der Waals surface area contributed by atoms with Gasteiger partial charge in [0.2, 0.25) is 15.9 Å². The number of hydrogen-bond acceptors (Lipinski definition) is 4. The van der Waals surface area contributed by atoms with Crippen LogP contribution < -0.4 is 5.32 Å². The number of amides is 1. The minimum atomic E-state index is -3.66. The van der Waals surface area contributed by atoms with Gasteiger partial charge >= 0.3 is 0 Å². The third kappa shape index (κ3) is 5.05. The number of nitrogens with zero attached hydrogens (tertiary/aromatic N) is 1. The summed E-state index contributed by atoms with van der Waals surface area (Å²) in [4.78, 5) is 12.9. The van der Waals surface area contributed by atoms with Gasteiger partial charge in [-0.3, -0.25) is 4.79 Å². The molecule has 8 heteroatoms. The average molecular weight is 397 g/mol. The lowest BCUT2D eigenvalue weighted by atomic mass is 10.1. The summed E-state index contributed by atoms with van der Waals surface area (Å²) in [6.45, 7) is 9.11. The minimum absolute atomic E-state index is 0.178. The molecule has 0 aliphatic heterocycles. The fourth-order valence-corrected chi connectivity index (χ4v) is 5.60. The number of rotatable bonds is 5. The third-order valence-electron chi connectivity index (χ3n) is 2.65. The Hall–Kier alpha value is -0.440. The van der Waals surface area contributed by atoms with Gasteiger partial charge in [-0.25, -0.2) is 8.42 Å². The van der Waals surface area contributed by atoms with E-state index in [0.717, 1.165) is 3.79 Å². The molecule has 0 fully saturated rings. The van der Waals surface area contributed by atoms with Gasteiger partial charge < -0.3 is 5.32 Å². The minimum Gasteiger partial charge on any atom is -0.350 e. The van der Waals surface area contributed by atoms with E-state index in [4.69, 9.17) is 0 Å². The van der Waals surface area contributed by atoms with E-state index < -0.39 is 10.0 Å². The van der Waals surface area contributed by atoms with Gasteiger partial charge in [0.1, 0.15) is 0 Å². The van der Waals surface area contributed by atoms with Crippen molar-refractivity contribution in [1.82, 2.24) is 9.62 Å². The molecule has 1 N–H and O–H groups in total. The van der Waals surface area contributed by atoms with Gasteiger partial charge in [-0.05, 0) is 49.7 Å². The maximum Gasteiger partial charge on any atom is 0.244 e. The maximum absolute atomic E-state index is 12.6. The molecular weight excluding hydrogens is 376 g/mol. The van der Waals surface area contributed by atoms with Crippen LogP contribution in [0.2, 0.25) is 0 Å². The zero-order valence-electron chi connectivity index (χ0n) is 12.9. The summed E-state index contributed by atoms with van der Waals surface area (Å²) in [5.41, 5.74) is -0.387. The second-order valence-electron chi connectivity index (χ2n) is 5.70. The number of nitrogens with one attached hydrogen (secondary N) is 1. The summed E-state index contributed by atoms with van der Waals surface area (Å²) in [5.74, 6) is -0.306. The van der Waals surface area contributed by atoms with Crippen LogP contribution in [0.5, 0.6) is 0 Å². The van der Waals surface area contributed by atoms with Crippen LogP contribution in [0.3, 0.4) is 0 Å². The fourth-order valence-electron chi connectivity index (χ4n) is 1.81. The monoisotopic (exact) mass is 396 g/mol. The first-order chi connectivity index (χ1) is 9.47. The third-order valence-corrected chi connectivity index (χ3v) is 6.38. The highest BCUT2D eigenvalue weighted by atomic mass is 79.9. The van der Waals surface area contributed by atoms with Crippen LogP contribution in [-0.2, 0) is 14.8 Å². The standard InChI is InChI=1S/C13H21BrN2O3S2/c1-6-16(8-12(17)15-13(3,4)5)21(18,19)10-7-11(14)20-9(10)2/h7H,6,8H2,1-5H3,(H,15,17). The van der Waals surface area contributed by atoms with Crippen molar-refractivity contribution >= 4 is 43.2 Å². The van der Waals surface area contributed by atoms with Gasteiger partial charge in [-0.1, -0.05) is 6.92 Å². The van der Waals surface area contributed by atoms with Crippen molar-refractivity contribution in [2.24, 2.45) is 0 Å². The van der Waals surface area contributed by atoms with Gasteiger partial charge in [0.25, 0.3) is 0 Å². The van der Waals surface area contributed by atoms with E-state index in [1.807, 2.05) is 20.8 Å². The second-order valence-corrected chi connectivity index (χ2v) is 10.2. The molecule has 0 atom stereocenters. The summed E-state index contributed by atoms with van der Waals surface area (Å²) in [6, 6.07) is 1.58. The van der Waals surface area contributed by atoms with E-state index in [0.29, 0.717) is 4.88 Å². The van der Waals surface area contributed by atoms with Gasteiger partial charge in [0, 0.05) is 17.0 Å². The van der Waals surface area contributed by atoms with E-state index in [2.05, 4.69) is 21.2 Å². The fraction of sp³-hybridized carbons (Fsp3) is 0.615. The molecule has 0 saturated carbocycles. The van der Waals surface area contributed by atoms with Gasteiger partial charge in [0.15, 0.2) is 0 Å². The number of carbonyl (C=O) groups excluding carboxylic acids is 1. The van der Waals surface area contributed by atoms with Crippen LogP contribution in [0.15, 0.2) is 14.7 Å². The maximum atomic E-state index is 12.6. The van der Waals surface area contributed by atoms with E-state index in [9.17, 15) is 13.2 Å². The van der Waals surface area contributed by atoms with Gasteiger partial charge in [-0.15, -0.1) is 11.3 Å². The SMILES string of the molecule is CCN(CC(=O)NC(C)(C)C)S(=O)(=O)c1cc(Br)sc1C. The lowest BCUT2D eigenvalue weighted by Gasteiger charge is -2.24. The van der Waals surface area contributed by atoms with Crippen LogP contribution in [0.25, 0.3) is 0 Å². The number of carbonyl (C=O) groups is 1. The molecule has 1 amide bonds. The first kappa shape index (κ1) is 18.6. The Labute approximate surface area is 138 Å². The molecule has 1 aromatic rings. The molecule has 21 heavy (non-hydrogen) atoms. The summed E-state index contributed by atoms with van der Waals surface area (Å²) in [6.07, 6.45) is 0. The van der Waals surface area contributed by atoms with Crippen molar-refractivity contribution in [3.63, 3.8) is 0 Å². The zero-order chi connectivity index (χ0) is 16.4. The summed E-state index contributed by atoms with van der Waals surface area (Å²) in [7, 11) is -3.66. The van der Waals surface area contributed by atoms with Gasteiger partial charge in [-0.2, -0.15) is 4.31 Å². The molecule has 5 nitrogen and oxygen atoms in total. The van der Waals surface area contributed by atoms with Crippen LogP contribution in [0.4, 0.5) is 0 Å². The molecule has 1 heterocycles. The number of aryl methyl sites for hydroxylation is 1. The Kier molecular flexibility index (Phi) is 5.99. The molecule has 0 bridgehead atoms. The van der Waals surface area contributed by atoms with E-state index in [-0.39, 0.29) is 29.4 Å². The molecule has 0 radical (unpaired) electrons. The first-order valence-corrected chi connectivity index (χ1v) is 9.59. The lowest BCUT2D eigenvalue weighted by molar-refractivity contribution is -0.122. The summed E-state index contributed by atoms with van der Waals surface area (Å²) in [5, 5.41) is 2.78. The van der Waals surface area contributed by atoms with Crippen molar-refractivity contribution in [2.45, 2.75) is 45.1 Å². The highest BCUT2D eigenvalue weighted by Gasteiger charge is 2.29. The zero-order valence-corrected chi connectivity index (χ0v) is 16.1.